The molecule has 0 amide bonds. The van der Waals surface area contributed by atoms with E-state index in [0.717, 1.165) is 0 Å². The maximum Gasteiger partial charge on any atom is 0.179 e. The molecule has 0 aromatic heterocycles. The Kier molecular flexibility index (Phi) is 3.14. The predicted octanol–water partition coefficient (Wildman–Crippen LogP) is 1.75. The van der Waals surface area contributed by atoms with Crippen LogP contribution in [0.1, 0.15) is 23.7 Å². The molecule has 0 aliphatic heterocycles. The van der Waals surface area contributed by atoms with Crippen LogP contribution in [0.3, 0.4) is 0 Å². The van der Waals surface area contributed by atoms with Gasteiger partial charge in [-0.25, -0.2) is 4.39 Å². The highest BCUT2D eigenvalue weighted by molar-refractivity contribution is 5.99. The molecule has 3 heteroatoms. The van der Waals surface area contributed by atoms with Crippen molar-refractivity contribution in [2.75, 3.05) is 0 Å². The van der Waals surface area contributed by atoms with E-state index in [-0.39, 0.29) is 11.6 Å². The molecule has 0 aliphatic carbocycles. The molecule has 0 bridgehead atoms. The average Bonchev–Trinajstić information content (AvgIpc) is 2.17. The highest BCUT2D eigenvalue weighted by Crippen LogP contribution is 2.06. The van der Waals surface area contributed by atoms with Crippen LogP contribution in [0.25, 0.3) is 0 Å². The summed E-state index contributed by atoms with van der Waals surface area (Å²) in [7, 11) is 0. The molecule has 1 aromatic rings. The second-order valence-electron chi connectivity index (χ2n) is 2.89. The molecule has 70 valence electrons. The van der Waals surface area contributed by atoms with E-state index in [1.807, 2.05) is 6.92 Å². The van der Waals surface area contributed by atoms with Gasteiger partial charge in [0.1, 0.15) is 5.82 Å². The van der Waals surface area contributed by atoms with Gasteiger partial charge in [-0.2, -0.15) is 0 Å². The summed E-state index contributed by atoms with van der Waals surface area (Å²) < 4.78 is 12.5. The fourth-order valence-corrected chi connectivity index (χ4v) is 1.01. The summed E-state index contributed by atoms with van der Waals surface area (Å²) in [6.07, 6.45) is 0.593. The summed E-state index contributed by atoms with van der Waals surface area (Å²) in [4.78, 5) is 11.4. The molecule has 0 radical (unpaired) electrons. The molecular formula is C10H12FNO. The largest absolute Gasteiger partial charge is 0.321 e. The van der Waals surface area contributed by atoms with Crippen LogP contribution in [0.4, 0.5) is 4.39 Å². The first kappa shape index (κ1) is 9.86. The Balaban J connectivity index is 2.83. The van der Waals surface area contributed by atoms with Crippen molar-refractivity contribution in [1.29, 1.82) is 0 Å². The molecule has 0 unspecified atom stereocenters. The van der Waals surface area contributed by atoms with Gasteiger partial charge in [-0.15, -0.1) is 0 Å². The number of benzene rings is 1. The normalized spacial score (nSPS) is 12.5. The lowest BCUT2D eigenvalue weighted by atomic mass is 10.0. The summed E-state index contributed by atoms with van der Waals surface area (Å²) in [5, 5.41) is 0. The van der Waals surface area contributed by atoms with Gasteiger partial charge in [-0.1, -0.05) is 6.92 Å². The van der Waals surface area contributed by atoms with Gasteiger partial charge in [0.05, 0.1) is 6.04 Å². The van der Waals surface area contributed by atoms with Gasteiger partial charge in [0.2, 0.25) is 0 Å². The van der Waals surface area contributed by atoms with Gasteiger partial charge in [0, 0.05) is 5.56 Å². The topological polar surface area (TPSA) is 43.1 Å². The van der Waals surface area contributed by atoms with Crippen LogP contribution in [-0.4, -0.2) is 11.8 Å². The fraction of sp³-hybridized carbons (Fsp3) is 0.300. The standard InChI is InChI=1S/C10H12FNO/c1-2-9(12)10(13)7-3-5-8(11)6-4-7/h3-6,9H,2,12H2,1H3/t9-/m0/s1. The van der Waals surface area contributed by atoms with Gasteiger partial charge in [-0.05, 0) is 30.7 Å². The molecule has 0 aliphatic rings. The van der Waals surface area contributed by atoms with E-state index >= 15 is 0 Å². The number of Topliss-reactive ketones (excluding diaryl/α,β-unsaturated/α-hetero) is 1. The Morgan fingerprint density at radius 2 is 2.00 bits per heavy atom. The van der Waals surface area contributed by atoms with Gasteiger partial charge >= 0.3 is 0 Å². The van der Waals surface area contributed by atoms with E-state index in [9.17, 15) is 9.18 Å². The minimum Gasteiger partial charge on any atom is -0.321 e. The Morgan fingerprint density at radius 1 is 1.46 bits per heavy atom. The van der Waals surface area contributed by atoms with Crippen LogP contribution < -0.4 is 5.73 Å². The van der Waals surface area contributed by atoms with E-state index in [1.165, 1.54) is 24.3 Å². The van der Waals surface area contributed by atoms with E-state index < -0.39 is 6.04 Å². The Bertz CT molecular complexity index is 294. The lowest BCUT2D eigenvalue weighted by molar-refractivity contribution is 0.0959. The maximum absolute atomic E-state index is 12.5. The van der Waals surface area contributed by atoms with E-state index in [2.05, 4.69) is 0 Å². The zero-order chi connectivity index (χ0) is 9.84. The SMILES string of the molecule is CC[C@H](N)C(=O)c1ccc(F)cc1. The molecule has 1 rings (SSSR count). The number of rotatable bonds is 3. The maximum atomic E-state index is 12.5. The average molecular weight is 181 g/mol. The van der Waals surface area contributed by atoms with Gasteiger partial charge < -0.3 is 5.73 Å². The summed E-state index contributed by atoms with van der Waals surface area (Å²) in [6.45, 7) is 1.84. The van der Waals surface area contributed by atoms with E-state index in [4.69, 9.17) is 5.73 Å². The van der Waals surface area contributed by atoms with Crippen molar-refractivity contribution in [2.24, 2.45) is 5.73 Å². The molecule has 1 aromatic carbocycles. The lowest BCUT2D eigenvalue weighted by Crippen LogP contribution is -2.29. The number of ketones is 1. The zero-order valence-corrected chi connectivity index (χ0v) is 7.46. The number of carbonyl (C=O) groups is 1. The molecule has 0 fully saturated rings. The number of carbonyl (C=O) groups excluding carboxylic acids is 1. The first-order chi connectivity index (χ1) is 6.15. The highest BCUT2D eigenvalue weighted by atomic mass is 19.1. The molecule has 0 saturated carbocycles. The van der Waals surface area contributed by atoms with Crippen molar-refractivity contribution < 1.29 is 9.18 Å². The van der Waals surface area contributed by atoms with Gasteiger partial charge in [-0.3, -0.25) is 4.79 Å². The second-order valence-corrected chi connectivity index (χ2v) is 2.89. The van der Waals surface area contributed by atoms with Crippen molar-refractivity contribution in [1.82, 2.24) is 0 Å². The smallest absolute Gasteiger partial charge is 0.179 e. The van der Waals surface area contributed by atoms with Crippen LogP contribution in [0.15, 0.2) is 24.3 Å². The monoisotopic (exact) mass is 181 g/mol. The first-order valence-electron chi connectivity index (χ1n) is 4.20. The van der Waals surface area contributed by atoms with Crippen molar-refractivity contribution in [2.45, 2.75) is 19.4 Å². The molecule has 2 N–H and O–H groups in total. The Morgan fingerprint density at radius 3 is 2.46 bits per heavy atom. The molecule has 13 heavy (non-hydrogen) atoms. The summed E-state index contributed by atoms with van der Waals surface area (Å²) >= 11 is 0. The zero-order valence-electron chi connectivity index (χ0n) is 7.46. The van der Waals surface area contributed by atoms with Crippen LogP contribution in [0, 0.1) is 5.82 Å². The Labute approximate surface area is 76.6 Å². The van der Waals surface area contributed by atoms with Crippen LogP contribution in [0.5, 0.6) is 0 Å². The molecular weight excluding hydrogens is 169 g/mol. The number of halogens is 1. The summed E-state index contributed by atoms with van der Waals surface area (Å²) in [5.74, 6) is -0.482. The lowest BCUT2D eigenvalue weighted by Gasteiger charge is -2.06. The van der Waals surface area contributed by atoms with E-state index in [0.29, 0.717) is 12.0 Å². The first-order valence-corrected chi connectivity index (χ1v) is 4.20. The number of nitrogens with two attached hydrogens (primary N) is 1. The minimum absolute atomic E-state index is 0.137. The summed E-state index contributed by atoms with van der Waals surface area (Å²) in [5.41, 5.74) is 6.01. The van der Waals surface area contributed by atoms with Crippen molar-refractivity contribution in [3.8, 4) is 0 Å². The van der Waals surface area contributed by atoms with Crippen molar-refractivity contribution >= 4 is 5.78 Å². The van der Waals surface area contributed by atoms with Gasteiger partial charge in [0.25, 0.3) is 0 Å². The van der Waals surface area contributed by atoms with Gasteiger partial charge in [0.15, 0.2) is 5.78 Å². The summed E-state index contributed by atoms with van der Waals surface area (Å²) in [6, 6.07) is 4.94. The molecule has 1 atom stereocenters. The van der Waals surface area contributed by atoms with Crippen LogP contribution >= 0.6 is 0 Å². The predicted molar refractivity (Wildman–Crippen MR) is 49.0 cm³/mol. The third-order valence-corrected chi connectivity index (χ3v) is 1.91. The molecule has 0 spiro atoms. The van der Waals surface area contributed by atoms with Crippen LogP contribution in [-0.2, 0) is 0 Å². The van der Waals surface area contributed by atoms with Crippen molar-refractivity contribution in [3.05, 3.63) is 35.6 Å². The Hall–Kier alpha value is -1.22. The second kappa shape index (κ2) is 4.14. The third kappa shape index (κ3) is 2.36. The minimum atomic E-state index is -0.481. The third-order valence-electron chi connectivity index (χ3n) is 1.91. The van der Waals surface area contributed by atoms with Crippen LogP contribution in [0.2, 0.25) is 0 Å². The molecule has 0 saturated heterocycles. The molecule has 2 nitrogen and oxygen atoms in total. The molecule has 0 heterocycles. The van der Waals surface area contributed by atoms with E-state index in [1.54, 1.807) is 0 Å². The number of hydrogen-bond donors (Lipinski definition) is 1. The number of hydrogen-bond acceptors (Lipinski definition) is 2. The fourth-order valence-electron chi connectivity index (χ4n) is 1.01. The quantitative estimate of drug-likeness (QED) is 0.722. The van der Waals surface area contributed by atoms with Crippen molar-refractivity contribution in [3.63, 3.8) is 0 Å². The highest BCUT2D eigenvalue weighted by Gasteiger charge is 2.12.